The lowest BCUT2D eigenvalue weighted by atomic mass is 9.70. The Morgan fingerprint density at radius 3 is 2.52 bits per heavy atom. The maximum atomic E-state index is 14.5. The number of carbonyl (C=O) groups excluding carboxylic acids is 4. The molecular weight excluding hydrogens is 586 g/mol. The van der Waals surface area contributed by atoms with Crippen molar-refractivity contribution in [2.24, 2.45) is 11.8 Å². The molecule has 10 heteroatoms. The van der Waals surface area contributed by atoms with E-state index in [9.17, 15) is 24.3 Å². The molecular formula is C36H51N3O7. The van der Waals surface area contributed by atoms with Crippen molar-refractivity contribution < 1.29 is 33.8 Å². The van der Waals surface area contributed by atoms with Crippen LogP contribution in [0, 0.1) is 11.8 Å². The molecule has 0 unspecified atom stereocenters. The lowest BCUT2D eigenvalue weighted by molar-refractivity contribution is -0.162. The number of hydrogen-bond donors (Lipinski definition) is 2. The number of nitrogens with zero attached hydrogens (tertiary/aromatic N) is 2. The molecule has 3 aliphatic rings. The van der Waals surface area contributed by atoms with Crippen LogP contribution in [0.3, 0.4) is 0 Å². The Kier molecular flexibility index (Phi) is 11.5. The van der Waals surface area contributed by atoms with Gasteiger partial charge in [0.1, 0.15) is 17.7 Å². The third kappa shape index (κ3) is 7.08. The first kappa shape index (κ1) is 35.4. The van der Waals surface area contributed by atoms with E-state index in [-0.39, 0.29) is 30.7 Å². The summed E-state index contributed by atoms with van der Waals surface area (Å²) < 4.78 is 12.8. The highest BCUT2D eigenvalue weighted by molar-refractivity contribution is 5.98. The molecule has 4 rings (SSSR count). The summed E-state index contributed by atoms with van der Waals surface area (Å²) >= 11 is 0. The van der Waals surface area contributed by atoms with Crippen LogP contribution < -0.4 is 5.32 Å². The minimum atomic E-state index is -1.16. The summed E-state index contributed by atoms with van der Waals surface area (Å²) in [5, 5.41) is 12.3. The number of unbranched alkanes of at least 4 members (excludes halogenated alkanes) is 2. The normalized spacial score (nSPS) is 26.3. The summed E-state index contributed by atoms with van der Waals surface area (Å²) in [7, 11) is 0. The topological polar surface area (TPSA) is 125 Å². The molecule has 1 aromatic rings. The Morgan fingerprint density at radius 1 is 1.17 bits per heavy atom. The largest absolute Gasteiger partial charge is 0.455 e. The molecule has 3 saturated heterocycles. The van der Waals surface area contributed by atoms with E-state index in [1.54, 1.807) is 28.9 Å². The number of fused-ring (bicyclic) bond motifs is 1. The molecule has 3 fully saturated rings. The van der Waals surface area contributed by atoms with Gasteiger partial charge in [0.25, 0.3) is 0 Å². The molecule has 1 aromatic carbocycles. The number of aliphatic hydroxyl groups excluding tert-OH is 1. The van der Waals surface area contributed by atoms with Crippen LogP contribution in [-0.4, -0.2) is 87.6 Å². The van der Waals surface area contributed by atoms with Crippen LogP contribution in [0.15, 0.2) is 55.6 Å². The van der Waals surface area contributed by atoms with Gasteiger partial charge in [-0.25, -0.2) is 0 Å². The zero-order valence-electron chi connectivity index (χ0n) is 27.8. The Morgan fingerprint density at radius 2 is 1.89 bits per heavy atom. The van der Waals surface area contributed by atoms with E-state index >= 15 is 0 Å². The molecule has 3 amide bonds. The predicted octanol–water partition coefficient (Wildman–Crippen LogP) is 4.09. The van der Waals surface area contributed by atoms with Crippen molar-refractivity contribution in [3.8, 4) is 0 Å². The second-order valence-corrected chi connectivity index (χ2v) is 13.7. The Balaban J connectivity index is 1.66. The zero-order valence-corrected chi connectivity index (χ0v) is 27.8. The van der Waals surface area contributed by atoms with Gasteiger partial charge in [0, 0.05) is 31.7 Å². The van der Waals surface area contributed by atoms with Crippen molar-refractivity contribution in [3.05, 3.63) is 61.2 Å². The number of benzene rings is 1. The maximum Gasteiger partial charge on any atom is 0.313 e. The van der Waals surface area contributed by atoms with E-state index in [0.29, 0.717) is 57.2 Å². The first-order valence-electron chi connectivity index (χ1n) is 16.6. The monoisotopic (exact) mass is 637 g/mol. The minimum absolute atomic E-state index is 0.0500. The van der Waals surface area contributed by atoms with Crippen LogP contribution >= 0.6 is 0 Å². The molecule has 252 valence electrons. The Labute approximate surface area is 273 Å². The van der Waals surface area contributed by atoms with Crippen molar-refractivity contribution in [2.75, 3.05) is 19.7 Å². The highest BCUT2D eigenvalue weighted by Gasteiger charge is 2.75. The molecule has 3 heterocycles. The molecule has 2 bridgehead atoms. The predicted molar refractivity (Wildman–Crippen MR) is 174 cm³/mol. The summed E-state index contributed by atoms with van der Waals surface area (Å²) in [4.78, 5) is 59.0. The van der Waals surface area contributed by atoms with Crippen LogP contribution in [0.1, 0.15) is 84.3 Å². The number of rotatable bonds is 16. The van der Waals surface area contributed by atoms with E-state index < -0.39 is 53.2 Å². The van der Waals surface area contributed by atoms with Gasteiger partial charge in [0.05, 0.1) is 24.0 Å². The van der Waals surface area contributed by atoms with Gasteiger partial charge < -0.3 is 29.7 Å². The Bertz CT molecular complexity index is 1280. The maximum absolute atomic E-state index is 14.5. The molecule has 0 saturated carbocycles. The van der Waals surface area contributed by atoms with Crippen LogP contribution in [0.2, 0.25) is 0 Å². The summed E-state index contributed by atoms with van der Waals surface area (Å²) in [6, 6.07) is 7.78. The standard InChI is InChI=1S/C36H51N3O7/c1-7-9-18-27(41)37-24(3)30(25-16-12-10-13-17-25)45-34(44)28-26-19-20-36(46-26)29(28)32(42)38(22-14-11-15-23-40)31(36)33(43)39(21-8-2)35(4,5)6/h7-8,10,12-13,16-17,24,26,28-31,40H,1-2,9,11,14-15,18-23H2,3-6H3,(H,37,41)/t24-,26-,28+,29+,30-,31-,36+/m0/s1. The van der Waals surface area contributed by atoms with Gasteiger partial charge in [-0.2, -0.15) is 0 Å². The summed E-state index contributed by atoms with van der Waals surface area (Å²) in [5.41, 5.74) is -0.986. The average molecular weight is 638 g/mol. The molecule has 3 aliphatic heterocycles. The second kappa shape index (κ2) is 14.9. The highest BCUT2D eigenvalue weighted by atomic mass is 16.6. The van der Waals surface area contributed by atoms with Crippen LogP contribution in [-0.2, 0) is 28.7 Å². The van der Waals surface area contributed by atoms with E-state index in [1.165, 1.54) is 0 Å². The lowest BCUT2D eigenvalue weighted by Gasteiger charge is -2.42. The number of hydrogen-bond acceptors (Lipinski definition) is 7. The van der Waals surface area contributed by atoms with Crippen molar-refractivity contribution in [2.45, 2.75) is 108 Å². The lowest BCUT2D eigenvalue weighted by Crippen LogP contribution is -2.59. The van der Waals surface area contributed by atoms with Crippen LogP contribution in [0.5, 0.6) is 0 Å². The summed E-state index contributed by atoms with van der Waals surface area (Å²) in [5.74, 6) is -3.02. The first-order chi connectivity index (χ1) is 21.9. The molecule has 10 nitrogen and oxygen atoms in total. The number of likely N-dealkylation sites (tertiary alicyclic amines) is 1. The fraction of sp³-hybridized carbons (Fsp3) is 0.611. The number of amides is 3. The molecule has 0 aliphatic carbocycles. The number of ether oxygens (including phenoxy) is 2. The average Bonchev–Trinajstić information content (AvgIpc) is 3.66. The summed E-state index contributed by atoms with van der Waals surface area (Å²) in [6.45, 7) is 15.8. The van der Waals surface area contributed by atoms with Crippen molar-refractivity contribution >= 4 is 23.7 Å². The smallest absolute Gasteiger partial charge is 0.313 e. The molecule has 46 heavy (non-hydrogen) atoms. The number of carbonyl (C=O) groups is 4. The van der Waals surface area contributed by atoms with E-state index in [2.05, 4.69) is 18.5 Å². The first-order valence-corrected chi connectivity index (χ1v) is 16.6. The highest BCUT2D eigenvalue weighted by Crippen LogP contribution is 2.59. The van der Waals surface area contributed by atoms with Gasteiger partial charge in [-0.3, -0.25) is 19.2 Å². The number of esters is 1. The minimum Gasteiger partial charge on any atom is -0.455 e. The van der Waals surface area contributed by atoms with Crippen molar-refractivity contribution in [3.63, 3.8) is 0 Å². The van der Waals surface area contributed by atoms with Gasteiger partial charge in [0.15, 0.2) is 0 Å². The second-order valence-electron chi connectivity index (χ2n) is 13.7. The third-order valence-corrected chi connectivity index (χ3v) is 9.54. The zero-order chi connectivity index (χ0) is 33.6. The number of nitrogens with one attached hydrogen (secondary N) is 1. The van der Waals surface area contributed by atoms with Crippen LogP contribution in [0.4, 0.5) is 0 Å². The van der Waals surface area contributed by atoms with Gasteiger partial charge in [-0.05, 0) is 71.8 Å². The Hall–Kier alpha value is -3.50. The van der Waals surface area contributed by atoms with Gasteiger partial charge in [0.2, 0.25) is 17.7 Å². The quantitative estimate of drug-likeness (QED) is 0.159. The molecule has 1 spiro atoms. The van der Waals surface area contributed by atoms with E-state index in [0.717, 1.165) is 0 Å². The van der Waals surface area contributed by atoms with Gasteiger partial charge >= 0.3 is 5.97 Å². The molecule has 0 aromatic heterocycles. The molecule has 2 N–H and O–H groups in total. The summed E-state index contributed by atoms with van der Waals surface area (Å²) in [6.07, 6.45) is 5.66. The fourth-order valence-corrected chi connectivity index (χ4v) is 7.42. The fourth-order valence-electron chi connectivity index (χ4n) is 7.42. The third-order valence-electron chi connectivity index (χ3n) is 9.54. The SMILES string of the molecule is C=CCCC(=O)N[C@@H](C)[C@H](OC(=O)[C@@H]1[C@@H]2CC[C@]3(O2)[C@H](C(=O)N(CC=C)C(C)(C)C)N(CCCCCO)C(=O)[C@@H]13)c1ccccc1. The number of aliphatic hydroxyl groups is 1. The molecule has 0 radical (unpaired) electrons. The van der Waals surface area contributed by atoms with Gasteiger partial charge in [-0.1, -0.05) is 42.5 Å². The van der Waals surface area contributed by atoms with E-state index in [1.807, 2.05) is 51.1 Å². The van der Waals surface area contributed by atoms with E-state index in [4.69, 9.17) is 9.47 Å². The van der Waals surface area contributed by atoms with Crippen molar-refractivity contribution in [1.82, 2.24) is 15.1 Å². The van der Waals surface area contributed by atoms with Crippen LogP contribution in [0.25, 0.3) is 0 Å². The molecule has 7 atom stereocenters. The van der Waals surface area contributed by atoms with Gasteiger partial charge in [-0.15, -0.1) is 13.2 Å². The number of allylic oxidation sites excluding steroid dienone is 1. The van der Waals surface area contributed by atoms with Crippen molar-refractivity contribution in [1.29, 1.82) is 0 Å².